The van der Waals surface area contributed by atoms with Crippen LogP contribution >= 0.6 is 0 Å². The number of primary amides is 1. The van der Waals surface area contributed by atoms with Gasteiger partial charge in [-0.05, 0) is 66.1 Å². The summed E-state index contributed by atoms with van der Waals surface area (Å²) in [6, 6.07) is 6.23. The van der Waals surface area contributed by atoms with Crippen LogP contribution in [0.15, 0.2) is 36.4 Å². The van der Waals surface area contributed by atoms with E-state index in [0.29, 0.717) is 35.0 Å². The van der Waals surface area contributed by atoms with Crippen molar-refractivity contribution in [3.8, 4) is 11.3 Å². The topological polar surface area (TPSA) is 137 Å². The molecular formula is C22H23F3N4O4S. The first-order chi connectivity index (χ1) is 16.1. The quantitative estimate of drug-likeness (QED) is 0.309. The number of H-pyrrole nitrogens is 1. The second kappa shape index (κ2) is 9.37. The number of fused-ring (bicyclic) bond motifs is 1. The Hall–Kier alpha value is -2.93. The second-order valence-corrected chi connectivity index (χ2v) is 9.90. The minimum atomic E-state index is -4.08. The molecule has 1 amide bonds. The Labute approximate surface area is 193 Å². The fraction of sp³-hybridized carbons (Fsp3) is 0.318. The lowest BCUT2D eigenvalue weighted by Gasteiger charge is -2.36. The number of carbonyl (C=O) groups excluding carboxylic acids is 1. The van der Waals surface area contributed by atoms with E-state index < -0.39 is 46.2 Å². The molecule has 6 N–H and O–H groups in total. The SMILES string of the molecule is NC(=O)[C@H](CO)NS(=O)(=O)NCC1CC(c2c(-c3ccc(F)cc3)[nH]c3c(F)cc(F)cc23)C1. The fourth-order valence-corrected chi connectivity index (χ4v) is 5.39. The number of aromatic nitrogens is 1. The van der Waals surface area contributed by atoms with Crippen LogP contribution in [0.5, 0.6) is 0 Å². The lowest BCUT2D eigenvalue weighted by Crippen LogP contribution is -2.51. The standard InChI is InChI=1S/C22H23F3N4O4S/c23-14-3-1-12(2-4-14)20-19(16-7-15(24)8-17(25)21(16)28-20)13-5-11(6-13)9-27-34(32,33)29-18(10-30)22(26)31/h1-4,7-8,11,13,18,27-30H,5-6,9-10H2,(H2,26,31)/t11?,13?,18-/m0/s1. The van der Waals surface area contributed by atoms with Gasteiger partial charge in [-0.2, -0.15) is 13.1 Å². The number of benzene rings is 2. The molecule has 1 aliphatic rings. The van der Waals surface area contributed by atoms with Gasteiger partial charge in [0.15, 0.2) is 0 Å². The predicted molar refractivity (Wildman–Crippen MR) is 119 cm³/mol. The number of carbonyl (C=O) groups is 1. The van der Waals surface area contributed by atoms with Crippen molar-refractivity contribution in [2.24, 2.45) is 11.7 Å². The van der Waals surface area contributed by atoms with Crippen molar-refractivity contribution in [1.82, 2.24) is 14.4 Å². The zero-order valence-electron chi connectivity index (χ0n) is 17.8. The molecule has 1 atom stereocenters. The number of aliphatic hydroxyl groups is 1. The second-order valence-electron chi connectivity index (χ2n) is 8.37. The maximum atomic E-state index is 14.5. The Bertz CT molecular complexity index is 1320. The van der Waals surface area contributed by atoms with E-state index in [-0.39, 0.29) is 23.9 Å². The first-order valence-corrected chi connectivity index (χ1v) is 12.0. The Kier molecular flexibility index (Phi) is 6.67. The fourth-order valence-electron chi connectivity index (χ4n) is 4.29. The summed E-state index contributed by atoms with van der Waals surface area (Å²) >= 11 is 0. The molecule has 1 saturated carbocycles. The van der Waals surface area contributed by atoms with Gasteiger partial charge in [0.2, 0.25) is 5.91 Å². The molecule has 1 aliphatic carbocycles. The van der Waals surface area contributed by atoms with E-state index in [4.69, 9.17) is 10.8 Å². The van der Waals surface area contributed by atoms with Crippen LogP contribution in [-0.2, 0) is 15.0 Å². The molecule has 0 saturated heterocycles. The van der Waals surface area contributed by atoms with Crippen LogP contribution in [0.2, 0.25) is 0 Å². The van der Waals surface area contributed by atoms with Gasteiger partial charge in [-0.25, -0.2) is 17.9 Å². The third-order valence-electron chi connectivity index (χ3n) is 6.03. The molecule has 1 heterocycles. The summed E-state index contributed by atoms with van der Waals surface area (Å²) in [5.41, 5.74) is 7.02. The molecule has 0 unspecified atom stereocenters. The average molecular weight is 497 g/mol. The summed E-state index contributed by atoms with van der Waals surface area (Å²) in [7, 11) is -4.08. The van der Waals surface area contributed by atoms with E-state index >= 15 is 0 Å². The van der Waals surface area contributed by atoms with Crippen LogP contribution in [0.25, 0.3) is 22.2 Å². The molecule has 0 aliphatic heterocycles. The van der Waals surface area contributed by atoms with E-state index in [1.54, 1.807) is 12.1 Å². The van der Waals surface area contributed by atoms with Crippen molar-refractivity contribution in [3.05, 3.63) is 59.4 Å². The first-order valence-electron chi connectivity index (χ1n) is 10.5. The number of nitrogens with two attached hydrogens (primary N) is 1. The molecular weight excluding hydrogens is 473 g/mol. The summed E-state index contributed by atoms with van der Waals surface area (Å²) in [4.78, 5) is 14.1. The number of halogens is 3. The van der Waals surface area contributed by atoms with Crippen molar-refractivity contribution < 1.29 is 31.5 Å². The predicted octanol–water partition coefficient (Wildman–Crippen LogP) is 2.02. The molecule has 1 aromatic heterocycles. The first kappa shape index (κ1) is 24.2. The van der Waals surface area contributed by atoms with Gasteiger partial charge >= 0.3 is 0 Å². The van der Waals surface area contributed by atoms with Gasteiger partial charge in [-0.15, -0.1) is 0 Å². The molecule has 12 heteroatoms. The molecule has 0 radical (unpaired) electrons. The van der Waals surface area contributed by atoms with E-state index in [1.165, 1.54) is 18.2 Å². The number of nitrogens with one attached hydrogen (secondary N) is 3. The Morgan fingerprint density at radius 3 is 2.44 bits per heavy atom. The number of hydrogen-bond donors (Lipinski definition) is 5. The molecule has 4 rings (SSSR count). The minimum absolute atomic E-state index is 0.0553. The van der Waals surface area contributed by atoms with Gasteiger partial charge in [0.25, 0.3) is 10.2 Å². The summed E-state index contributed by atoms with van der Waals surface area (Å²) < 4.78 is 70.4. The lowest BCUT2D eigenvalue weighted by atomic mass is 9.70. The number of aromatic amines is 1. The highest BCUT2D eigenvalue weighted by molar-refractivity contribution is 7.87. The van der Waals surface area contributed by atoms with Crippen molar-refractivity contribution in [1.29, 1.82) is 0 Å². The third-order valence-corrected chi connectivity index (χ3v) is 7.17. The molecule has 34 heavy (non-hydrogen) atoms. The summed E-state index contributed by atoms with van der Waals surface area (Å²) in [5, 5.41) is 9.45. The van der Waals surface area contributed by atoms with E-state index in [9.17, 15) is 26.4 Å². The maximum Gasteiger partial charge on any atom is 0.277 e. The Morgan fingerprint density at radius 1 is 1.15 bits per heavy atom. The normalized spacial score (nSPS) is 19.2. The minimum Gasteiger partial charge on any atom is -0.394 e. The molecule has 0 spiro atoms. The summed E-state index contributed by atoms with van der Waals surface area (Å²) in [6.45, 7) is -0.721. The van der Waals surface area contributed by atoms with E-state index in [0.717, 1.165) is 6.07 Å². The van der Waals surface area contributed by atoms with Crippen LogP contribution in [0.1, 0.15) is 24.3 Å². The summed E-state index contributed by atoms with van der Waals surface area (Å²) in [6.07, 6.45) is 1.06. The van der Waals surface area contributed by atoms with Crippen molar-refractivity contribution in [3.63, 3.8) is 0 Å². The highest BCUT2D eigenvalue weighted by Crippen LogP contribution is 2.48. The summed E-state index contributed by atoms with van der Waals surface area (Å²) in [5.74, 6) is -3.10. The van der Waals surface area contributed by atoms with Crippen LogP contribution in [0, 0.1) is 23.4 Å². The molecule has 8 nitrogen and oxygen atoms in total. The number of hydrogen-bond acceptors (Lipinski definition) is 4. The van der Waals surface area contributed by atoms with Crippen LogP contribution in [0.3, 0.4) is 0 Å². The van der Waals surface area contributed by atoms with Gasteiger partial charge in [-0.1, -0.05) is 0 Å². The number of rotatable bonds is 9. The third kappa shape index (κ3) is 4.94. The zero-order chi connectivity index (χ0) is 24.6. The van der Waals surface area contributed by atoms with Crippen molar-refractivity contribution >= 4 is 27.0 Å². The molecule has 1 fully saturated rings. The van der Waals surface area contributed by atoms with E-state index in [1.807, 2.05) is 4.72 Å². The number of aliphatic hydroxyl groups excluding tert-OH is 1. The molecule has 182 valence electrons. The van der Waals surface area contributed by atoms with Gasteiger partial charge in [0, 0.05) is 18.0 Å². The highest BCUT2D eigenvalue weighted by atomic mass is 32.2. The zero-order valence-corrected chi connectivity index (χ0v) is 18.6. The molecule has 2 aromatic carbocycles. The van der Waals surface area contributed by atoms with Crippen LogP contribution in [-0.4, -0.2) is 43.6 Å². The lowest BCUT2D eigenvalue weighted by molar-refractivity contribution is -0.120. The van der Waals surface area contributed by atoms with Gasteiger partial charge < -0.3 is 15.8 Å². The van der Waals surface area contributed by atoms with Crippen LogP contribution in [0.4, 0.5) is 13.2 Å². The largest absolute Gasteiger partial charge is 0.394 e. The van der Waals surface area contributed by atoms with Gasteiger partial charge in [0.05, 0.1) is 17.8 Å². The molecule has 0 bridgehead atoms. The van der Waals surface area contributed by atoms with E-state index in [2.05, 4.69) is 9.71 Å². The maximum absolute atomic E-state index is 14.5. The molecule has 3 aromatic rings. The Balaban J connectivity index is 1.53. The van der Waals surface area contributed by atoms with Gasteiger partial charge in [-0.3, -0.25) is 4.79 Å². The average Bonchev–Trinajstić information content (AvgIpc) is 3.10. The van der Waals surface area contributed by atoms with Crippen molar-refractivity contribution in [2.45, 2.75) is 24.8 Å². The monoisotopic (exact) mass is 496 g/mol. The smallest absolute Gasteiger partial charge is 0.277 e. The van der Waals surface area contributed by atoms with Crippen molar-refractivity contribution in [2.75, 3.05) is 13.2 Å². The Morgan fingerprint density at radius 2 is 1.82 bits per heavy atom. The number of amides is 1. The van der Waals surface area contributed by atoms with Crippen LogP contribution < -0.4 is 15.2 Å². The highest BCUT2D eigenvalue weighted by Gasteiger charge is 2.35. The van der Waals surface area contributed by atoms with Gasteiger partial charge in [0.1, 0.15) is 23.5 Å².